The van der Waals surface area contributed by atoms with Gasteiger partial charge in [0.2, 0.25) is 0 Å². The number of nitrogens with one attached hydrogen (secondary N) is 1. The Labute approximate surface area is 85.9 Å². The molecule has 0 bridgehead atoms. The van der Waals surface area contributed by atoms with Gasteiger partial charge in [-0.15, -0.1) is 0 Å². The highest BCUT2D eigenvalue weighted by Gasteiger charge is 2.14. The molecule has 0 aromatic carbocycles. The van der Waals surface area contributed by atoms with Gasteiger partial charge in [-0.25, -0.2) is 4.79 Å². The lowest BCUT2D eigenvalue weighted by molar-refractivity contribution is -0.138. The molecule has 0 spiro atoms. The lowest BCUT2D eigenvalue weighted by Crippen LogP contribution is -2.39. The van der Waals surface area contributed by atoms with Gasteiger partial charge in [0.25, 0.3) is 0 Å². The van der Waals surface area contributed by atoms with Gasteiger partial charge in [-0.05, 0) is 19.1 Å². The fourth-order valence-electron chi connectivity index (χ4n) is 0.782. The first-order chi connectivity index (χ1) is 7.09. The number of rotatable bonds is 3. The molecule has 1 atom stereocenters. The van der Waals surface area contributed by atoms with Crippen molar-refractivity contribution >= 4 is 12.1 Å². The van der Waals surface area contributed by atoms with Gasteiger partial charge in [0.15, 0.2) is 5.75 Å². The molecule has 0 radical (unpaired) electrons. The Morgan fingerprint density at radius 1 is 1.60 bits per heavy atom. The largest absolute Gasteiger partial charge is 0.480 e. The van der Waals surface area contributed by atoms with Crippen LogP contribution in [0.1, 0.15) is 6.92 Å². The van der Waals surface area contributed by atoms with Crippen molar-refractivity contribution in [2.45, 2.75) is 13.0 Å². The Hall–Kier alpha value is -2.11. The van der Waals surface area contributed by atoms with Crippen molar-refractivity contribution in [3.8, 4) is 5.75 Å². The zero-order chi connectivity index (χ0) is 11.3. The number of amides is 1. The van der Waals surface area contributed by atoms with Gasteiger partial charge in [0.1, 0.15) is 6.04 Å². The van der Waals surface area contributed by atoms with Crippen LogP contribution in [0.2, 0.25) is 0 Å². The number of carboxylic acid groups (broad SMARTS) is 1. The van der Waals surface area contributed by atoms with Crippen molar-refractivity contribution in [3.05, 3.63) is 24.5 Å². The Kier molecular flexibility index (Phi) is 3.61. The molecule has 6 heteroatoms. The van der Waals surface area contributed by atoms with Gasteiger partial charge in [-0.1, -0.05) is 0 Å². The van der Waals surface area contributed by atoms with E-state index in [0.717, 1.165) is 0 Å². The van der Waals surface area contributed by atoms with Crippen LogP contribution in [0.5, 0.6) is 5.75 Å². The minimum absolute atomic E-state index is 0.257. The third-order valence-electron chi connectivity index (χ3n) is 1.55. The maximum Gasteiger partial charge on any atom is 0.413 e. The second kappa shape index (κ2) is 4.94. The predicted octanol–water partition coefficient (Wildman–Crippen LogP) is 0.643. The molecule has 1 rings (SSSR count). The Morgan fingerprint density at radius 2 is 2.33 bits per heavy atom. The predicted molar refractivity (Wildman–Crippen MR) is 50.5 cm³/mol. The summed E-state index contributed by atoms with van der Waals surface area (Å²) in [6.07, 6.45) is 2.06. The van der Waals surface area contributed by atoms with Crippen LogP contribution in [0.15, 0.2) is 24.5 Å². The highest BCUT2D eigenvalue weighted by atomic mass is 16.6. The molecule has 15 heavy (non-hydrogen) atoms. The molecule has 80 valence electrons. The van der Waals surface area contributed by atoms with E-state index in [-0.39, 0.29) is 5.75 Å². The lowest BCUT2D eigenvalue weighted by atomic mass is 10.3. The molecule has 1 heterocycles. The average Bonchev–Trinajstić information content (AvgIpc) is 2.18. The number of carbonyl (C=O) groups is 2. The zero-order valence-electron chi connectivity index (χ0n) is 8.01. The molecule has 0 aliphatic heterocycles. The minimum Gasteiger partial charge on any atom is -0.480 e. The van der Waals surface area contributed by atoms with E-state index in [0.29, 0.717) is 0 Å². The Bertz CT molecular complexity index is 352. The summed E-state index contributed by atoms with van der Waals surface area (Å²) >= 11 is 0. The van der Waals surface area contributed by atoms with E-state index in [2.05, 4.69) is 10.3 Å². The topological polar surface area (TPSA) is 88.5 Å². The first kappa shape index (κ1) is 11.0. The molecule has 1 amide bonds. The number of hydrogen-bond acceptors (Lipinski definition) is 4. The highest BCUT2D eigenvalue weighted by molar-refractivity contribution is 5.80. The second-order valence-electron chi connectivity index (χ2n) is 2.78. The van der Waals surface area contributed by atoms with Gasteiger partial charge in [-0.2, -0.15) is 0 Å². The lowest BCUT2D eigenvalue weighted by Gasteiger charge is -2.08. The molecule has 0 fully saturated rings. The molecular weight excluding hydrogens is 200 g/mol. The summed E-state index contributed by atoms with van der Waals surface area (Å²) in [5.41, 5.74) is 0. The van der Waals surface area contributed by atoms with E-state index < -0.39 is 18.1 Å². The van der Waals surface area contributed by atoms with Crippen LogP contribution in [-0.4, -0.2) is 28.2 Å². The number of ether oxygens (including phenoxy) is 1. The number of nitrogens with zero attached hydrogens (tertiary/aromatic N) is 1. The summed E-state index contributed by atoms with van der Waals surface area (Å²) in [7, 11) is 0. The fourth-order valence-corrected chi connectivity index (χ4v) is 0.782. The van der Waals surface area contributed by atoms with Crippen LogP contribution in [0.3, 0.4) is 0 Å². The zero-order valence-corrected chi connectivity index (χ0v) is 8.01. The number of hydrogen-bond donors (Lipinski definition) is 2. The van der Waals surface area contributed by atoms with Crippen molar-refractivity contribution in [1.29, 1.82) is 0 Å². The Morgan fingerprint density at radius 3 is 2.87 bits per heavy atom. The van der Waals surface area contributed by atoms with Crippen LogP contribution in [-0.2, 0) is 4.79 Å². The monoisotopic (exact) mass is 210 g/mol. The molecule has 0 aliphatic rings. The number of pyridine rings is 1. The van der Waals surface area contributed by atoms with Gasteiger partial charge in [0, 0.05) is 6.20 Å². The number of carboxylic acids is 1. The van der Waals surface area contributed by atoms with E-state index in [4.69, 9.17) is 9.84 Å². The van der Waals surface area contributed by atoms with E-state index in [1.54, 1.807) is 6.07 Å². The number of carbonyl (C=O) groups excluding carboxylic acids is 1. The summed E-state index contributed by atoms with van der Waals surface area (Å²) in [5, 5.41) is 10.7. The first-order valence-corrected chi connectivity index (χ1v) is 4.21. The van der Waals surface area contributed by atoms with Crippen molar-refractivity contribution in [2.75, 3.05) is 0 Å². The third kappa shape index (κ3) is 3.63. The molecule has 0 saturated heterocycles. The maximum atomic E-state index is 11.1. The highest BCUT2D eigenvalue weighted by Crippen LogP contribution is 2.05. The van der Waals surface area contributed by atoms with E-state index >= 15 is 0 Å². The first-order valence-electron chi connectivity index (χ1n) is 4.21. The van der Waals surface area contributed by atoms with Crippen LogP contribution < -0.4 is 10.1 Å². The Balaban J connectivity index is 2.47. The van der Waals surface area contributed by atoms with E-state index in [9.17, 15) is 9.59 Å². The van der Waals surface area contributed by atoms with Crippen LogP contribution in [0, 0.1) is 0 Å². The fraction of sp³-hybridized carbons (Fsp3) is 0.222. The van der Waals surface area contributed by atoms with Gasteiger partial charge < -0.3 is 15.2 Å². The van der Waals surface area contributed by atoms with Crippen LogP contribution in [0.25, 0.3) is 0 Å². The normalized spacial score (nSPS) is 11.5. The molecule has 6 nitrogen and oxygen atoms in total. The number of aromatic nitrogens is 1. The average molecular weight is 210 g/mol. The van der Waals surface area contributed by atoms with Crippen molar-refractivity contribution in [1.82, 2.24) is 10.3 Å². The van der Waals surface area contributed by atoms with Gasteiger partial charge >= 0.3 is 12.1 Å². The molecular formula is C9H10N2O4. The van der Waals surface area contributed by atoms with Crippen LogP contribution in [0.4, 0.5) is 4.79 Å². The summed E-state index contributed by atoms with van der Waals surface area (Å²) in [6, 6.07) is 2.15. The van der Waals surface area contributed by atoms with E-state index in [1.807, 2.05) is 0 Å². The molecule has 2 N–H and O–H groups in total. The smallest absolute Gasteiger partial charge is 0.413 e. The van der Waals surface area contributed by atoms with Crippen LogP contribution >= 0.6 is 0 Å². The quantitative estimate of drug-likeness (QED) is 0.764. The minimum atomic E-state index is -1.13. The standard InChI is InChI=1S/C9H10N2O4/c1-6(8(12)13)11-9(14)15-7-3-2-4-10-5-7/h2-6H,1H3,(H,11,14)(H,12,13). The van der Waals surface area contributed by atoms with Gasteiger partial charge in [0.05, 0.1) is 6.20 Å². The summed E-state index contributed by atoms with van der Waals surface area (Å²) in [6.45, 7) is 1.34. The summed E-state index contributed by atoms with van der Waals surface area (Å²) in [5.74, 6) is -0.870. The van der Waals surface area contributed by atoms with Crippen molar-refractivity contribution in [3.63, 3.8) is 0 Å². The summed E-state index contributed by atoms with van der Waals surface area (Å²) < 4.78 is 4.76. The van der Waals surface area contributed by atoms with Crippen molar-refractivity contribution < 1.29 is 19.4 Å². The third-order valence-corrected chi connectivity index (χ3v) is 1.55. The molecule has 0 saturated carbocycles. The van der Waals surface area contributed by atoms with Gasteiger partial charge in [-0.3, -0.25) is 9.78 Å². The maximum absolute atomic E-state index is 11.1. The molecule has 1 unspecified atom stereocenters. The summed E-state index contributed by atoms with van der Waals surface area (Å²) in [4.78, 5) is 25.2. The molecule has 0 aliphatic carbocycles. The van der Waals surface area contributed by atoms with E-state index in [1.165, 1.54) is 25.4 Å². The molecule has 1 aromatic heterocycles. The second-order valence-corrected chi connectivity index (χ2v) is 2.78. The SMILES string of the molecule is CC(NC(=O)Oc1cccnc1)C(=O)O. The number of aliphatic carboxylic acids is 1. The molecule has 1 aromatic rings. The van der Waals surface area contributed by atoms with Crippen molar-refractivity contribution in [2.24, 2.45) is 0 Å².